The Bertz CT molecular complexity index is 558. The van der Waals surface area contributed by atoms with Gasteiger partial charge in [0.25, 0.3) is 5.91 Å². The molecule has 0 radical (unpaired) electrons. The molecular weight excluding hydrogens is 252 g/mol. The van der Waals surface area contributed by atoms with Gasteiger partial charge < -0.3 is 10.1 Å². The van der Waals surface area contributed by atoms with Crippen LogP contribution in [0.3, 0.4) is 0 Å². The number of amides is 1. The van der Waals surface area contributed by atoms with Gasteiger partial charge in [-0.1, -0.05) is 24.3 Å². The molecule has 19 heavy (non-hydrogen) atoms. The second-order valence-electron chi connectivity index (χ2n) is 3.73. The Balaban J connectivity index is 2.11. The Morgan fingerprint density at radius 3 is 2.47 bits per heavy atom. The number of halogens is 2. The molecule has 1 amide bonds. The molecule has 0 aliphatic rings. The average molecular weight is 263 g/mol. The zero-order chi connectivity index (χ0) is 13.7. The first-order valence-corrected chi connectivity index (χ1v) is 5.56. The minimum absolute atomic E-state index is 0.0456. The summed E-state index contributed by atoms with van der Waals surface area (Å²) in [6, 6.07) is 14.5. The maximum absolute atomic E-state index is 12.1. The number of nitrogens with one attached hydrogen (secondary N) is 1. The summed E-state index contributed by atoms with van der Waals surface area (Å²) in [5.41, 5.74) is 0.884. The molecule has 0 saturated carbocycles. The van der Waals surface area contributed by atoms with Gasteiger partial charge in [-0.15, -0.1) is 0 Å². The Labute approximate surface area is 108 Å². The first kappa shape index (κ1) is 13.0. The fourth-order valence-electron chi connectivity index (χ4n) is 1.54. The van der Waals surface area contributed by atoms with E-state index in [0.717, 1.165) is 0 Å². The predicted octanol–water partition coefficient (Wildman–Crippen LogP) is 3.54. The fourth-order valence-corrected chi connectivity index (χ4v) is 1.54. The van der Waals surface area contributed by atoms with Crippen molar-refractivity contribution in [3.63, 3.8) is 0 Å². The molecule has 5 heteroatoms. The van der Waals surface area contributed by atoms with E-state index in [1.54, 1.807) is 24.3 Å². The number of para-hydroxylation sites is 1. The van der Waals surface area contributed by atoms with Crippen LogP contribution in [-0.2, 0) is 0 Å². The summed E-state index contributed by atoms with van der Waals surface area (Å²) in [6.07, 6.45) is 0. The SMILES string of the molecule is O=C(Nc1ccccc1)c1cccc(OC(F)F)c1. The number of alkyl halides is 2. The lowest BCUT2D eigenvalue weighted by atomic mass is 10.2. The van der Waals surface area contributed by atoms with Crippen molar-refractivity contribution in [2.45, 2.75) is 6.61 Å². The molecule has 0 aliphatic heterocycles. The lowest BCUT2D eigenvalue weighted by Gasteiger charge is -2.07. The van der Waals surface area contributed by atoms with E-state index in [0.29, 0.717) is 5.69 Å². The van der Waals surface area contributed by atoms with E-state index in [4.69, 9.17) is 0 Å². The third-order valence-electron chi connectivity index (χ3n) is 2.35. The Morgan fingerprint density at radius 2 is 1.79 bits per heavy atom. The number of benzene rings is 2. The van der Waals surface area contributed by atoms with E-state index in [9.17, 15) is 13.6 Å². The summed E-state index contributed by atoms with van der Waals surface area (Å²) in [5, 5.41) is 2.66. The van der Waals surface area contributed by atoms with Crippen molar-refractivity contribution in [2.75, 3.05) is 5.32 Å². The van der Waals surface area contributed by atoms with Gasteiger partial charge in [-0.2, -0.15) is 8.78 Å². The molecule has 0 bridgehead atoms. The third kappa shape index (κ3) is 3.77. The second kappa shape index (κ2) is 5.95. The van der Waals surface area contributed by atoms with Crippen LogP contribution < -0.4 is 10.1 Å². The summed E-state index contributed by atoms with van der Waals surface area (Å²) in [4.78, 5) is 11.9. The van der Waals surface area contributed by atoms with E-state index in [1.165, 1.54) is 24.3 Å². The highest BCUT2D eigenvalue weighted by molar-refractivity contribution is 6.04. The lowest BCUT2D eigenvalue weighted by molar-refractivity contribution is -0.0498. The fraction of sp³-hybridized carbons (Fsp3) is 0.0714. The zero-order valence-electron chi connectivity index (χ0n) is 9.85. The van der Waals surface area contributed by atoms with E-state index in [-0.39, 0.29) is 17.2 Å². The highest BCUT2D eigenvalue weighted by atomic mass is 19.3. The van der Waals surface area contributed by atoms with Gasteiger partial charge >= 0.3 is 6.61 Å². The summed E-state index contributed by atoms with van der Waals surface area (Å²) in [6.45, 7) is -2.91. The van der Waals surface area contributed by atoms with Gasteiger partial charge in [0.15, 0.2) is 0 Å². The molecule has 3 nitrogen and oxygen atoms in total. The number of anilines is 1. The van der Waals surface area contributed by atoms with Crippen LogP contribution >= 0.6 is 0 Å². The summed E-state index contributed by atoms with van der Waals surface area (Å²) in [5.74, 6) is -0.429. The quantitative estimate of drug-likeness (QED) is 0.916. The Kier molecular flexibility index (Phi) is 4.07. The maximum atomic E-state index is 12.1. The molecule has 0 fully saturated rings. The molecule has 0 atom stereocenters. The average Bonchev–Trinajstić information content (AvgIpc) is 2.39. The van der Waals surface area contributed by atoms with Gasteiger partial charge in [0.1, 0.15) is 5.75 Å². The second-order valence-corrected chi connectivity index (χ2v) is 3.73. The summed E-state index contributed by atoms with van der Waals surface area (Å²) >= 11 is 0. The Morgan fingerprint density at radius 1 is 1.05 bits per heavy atom. The van der Waals surface area contributed by atoms with Crippen molar-refractivity contribution >= 4 is 11.6 Å². The smallest absolute Gasteiger partial charge is 0.387 e. The molecule has 2 aromatic carbocycles. The summed E-state index contributed by atoms with van der Waals surface area (Å²) < 4.78 is 28.4. The van der Waals surface area contributed by atoms with E-state index in [1.807, 2.05) is 6.07 Å². The minimum Gasteiger partial charge on any atom is -0.435 e. The van der Waals surface area contributed by atoms with Crippen LogP contribution in [0.15, 0.2) is 54.6 Å². The molecule has 1 N–H and O–H groups in total. The Hall–Kier alpha value is -2.43. The molecule has 0 saturated heterocycles. The number of rotatable bonds is 4. The lowest BCUT2D eigenvalue weighted by Crippen LogP contribution is -2.12. The minimum atomic E-state index is -2.91. The van der Waals surface area contributed by atoms with Crippen LogP contribution in [0.4, 0.5) is 14.5 Å². The number of hydrogen-bond acceptors (Lipinski definition) is 2. The summed E-state index contributed by atoms with van der Waals surface area (Å²) in [7, 11) is 0. The molecule has 0 unspecified atom stereocenters. The first-order valence-electron chi connectivity index (χ1n) is 5.56. The van der Waals surface area contributed by atoms with Crippen molar-refractivity contribution in [3.8, 4) is 5.75 Å². The van der Waals surface area contributed by atoms with Crippen LogP contribution in [0.5, 0.6) is 5.75 Å². The normalized spacial score (nSPS) is 10.3. The first-order chi connectivity index (χ1) is 9.15. The van der Waals surface area contributed by atoms with Crippen molar-refractivity contribution in [1.29, 1.82) is 0 Å². The molecule has 98 valence electrons. The van der Waals surface area contributed by atoms with Gasteiger partial charge in [0.05, 0.1) is 0 Å². The van der Waals surface area contributed by atoms with Crippen LogP contribution in [0.2, 0.25) is 0 Å². The molecule has 0 aromatic heterocycles. The van der Waals surface area contributed by atoms with Gasteiger partial charge in [0.2, 0.25) is 0 Å². The van der Waals surface area contributed by atoms with Crippen LogP contribution in [0, 0.1) is 0 Å². The van der Waals surface area contributed by atoms with Gasteiger partial charge in [-0.3, -0.25) is 4.79 Å². The van der Waals surface area contributed by atoms with E-state index in [2.05, 4.69) is 10.1 Å². The highest BCUT2D eigenvalue weighted by Gasteiger charge is 2.09. The molecule has 2 rings (SSSR count). The predicted molar refractivity (Wildman–Crippen MR) is 67.5 cm³/mol. The van der Waals surface area contributed by atoms with E-state index >= 15 is 0 Å². The van der Waals surface area contributed by atoms with Gasteiger partial charge in [0, 0.05) is 11.3 Å². The van der Waals surface area contributed by atoms with Crippen LogP contribution in [0.25, 0.3) is 0 Å². The highest BCUT2D eigenvalue weighted by Crippen LogP contribution is 2.17. The molecular formula is C14H11F2NO2. The zero-order valence-corrected chi connectivity index (χ0v) is 9.85. The third-order valence-corrected chi connectivity index (χ3v) is 2.35. The number of hydrogen-bond donors (Lipinski definition) is 1. The van der Waals surface area contributed by atoms with Crippen molar-refractivity contribution in [2.24, 2.45) is 0 Å². The number of carbonyl (C=O) groups excluding carboxylic acids is 1. The van der Waals surface area contributed by atoms with Crippen molar-refractivity contribution in [1.82, 2.24) is 0 Å². The molecule has 2 aromatic rings. The van der Waals surface area contributed by atoms with Crippen LogP contribution in [-0.4, -0.2) is 12.5 Å². The molecule has 0 heterocycles. The molecule has 0 aliphatic carbocycles. The largest absolute Gasteiger partial charge is 0.435 e. The standard InChI is InChI=1S/C14H11F2NO2/c15-14(16)19-12-8-4-5-10(9-12)13(18)17-11-6-2-1-3-7-11/h1-9,14H,(H,17,18). The van der Waals surface area contributed by atoms with Crippen LogP contribution in [0.1, 0.15) is 10.4 Å². The van der Waals surface area contributed by atoms with Crippen molar-refractivity contribution < 1.29 is 18.3 Å². The maximum Gasteiger partial charge on any atom is 0.387 e. The molecule has 0 spiro atoms. The van der Waals surface area contributed by atoms with Gasteiger partial charge in [-0.05, 0) is 30.3 Å². The number of ether oxygens (including phenoxy) is 1. The van der Waals surface area contributed by atoms with Crippen molar-refractivity contribution in [3.05, 3.63) is 60.2 Å². The topological polar surface area (TPSA) is 38.3 Å². The number of carbonyl (C=O) groups is 1. The van der Waals surface area contributed by atoms with E-state index < -0.39 is 6.61 Å². The van der Waals surface area contributed by atoms with Gasteiger partial charge in [-0.25, -0.2) is 0 Å². The monoisotopic (exact) mass is 263 g/mol.